The van der Waals surface area contributed by atoms with E-state index < -0.39 is 10.0 Å². The molecule has 0 saturated carbocycles. The van der Waals surface area contributed by atoms with Gasteiger partial charge in [-0.2, -0.15) is 0 Å². The van der Waals surface area contributed by atoms with E-state index in [0.717, 1.165) is 19.3 Å². The number of amides is 1. The minimum Gasteiger partial charge on any atom is -0.497 e. The third kappa shape index (κ3) is 4.34. The minimum atomic E-state index is -3.73. The average Bonchev–Trinajstić information content (AvgIpc) is 2.84. The van der Waals surface area contributed by atoms with Crippen LogP contribution in [-0.2, 0) is 16.4 Å². The van der Waals surface area contributed by atoms with Crippen LogP contribution in [0.15, 0.2) is 77.7 Å². The van der Waals surface area contributed by atoms with Crippen molar-refractivity contribution < 1.29 is 17.9 Å². The second kappa shape index (κ2) is 9.04. The molecule has 1 aliphatic rings. The van der Waals surface area contributed by atoms with Crippen molar-refractivity contribution in [1.82, 2.24) is 5.32 Å². The Labute approximate surface area is 188 Å². The lowest BCUT2D eigenvalue weighted by molar-refractivity contribution is 0.0932. The van der Waals surface area contributed by atoms with Crippen molar-refractivity contribution in [3.8, 4) is 5.75 Å². The van der Waals surface area contributed by atoms with Gasteiger partial charge in [0, 0.05) is 12.6 Å². The zero-order valence-electron chi connectivity index (χ0n) is 18.1. The summed E-state index contributed by atoms with van der Waals surface area (Å²) in [6.07, 6.45) is 2.98. The van der Waals surface area contributed by atoms with Gasteiger partial charge in [0.25, 0.3) is 15.9 Å². The van der Waals surface area contributed by atoms with Crippen LogP contribution in [0, 0.1) is 0 Å². The predicted octanol–water partition coefficient (Wildman–Crippen LogP) is 4.33. The van der Waals surface area contributed by atoms with Crippen LogP contribution in [0.2, 0.25) is 0 Å². The van der Waals surface area contributed by atoms with Gasteiger partial charge in [0.1, 0.15) is 5.75 Å². The van der Waals surface area contributed by atoms with Crippen molar-refractivity contribution in [2.45, 2.75) is 30.2 Å². The van der Waals surface area contributed by atoms with E-state index in [1.807, 2.05) is 12.1 Å². The Morgan fingerprint density at radius 3 is 2.38 bits per heavy atom. The van der Waals surface area contributed by atoms with Gasteiger partial charge in [0.2, 0.25) is 0 Å². The summed E-state index contributed by atoms with van der Waals surface area (Å²) in [5, 5.41) is 3.12. The molecule has 1 N–H and O–H groups in total. The van der Waals surface area contributed by atoms with Crippen LogP contribution in [0.5, 0.6) is 5.75 Å². The van der Waals surface area contributed by atoms with E-state index in [9.17, 15) is 13.2 Å². The number of fused-ring (bicyclic) bond motifs is 1. The van der Waals surface area contributed by atoms with Crippen molar-refractivity contribution >= 4 is 21.6 Å². The molecule has 0 saturated heterocycles. The average molecular weight is 451 g/mol. The molecule has 166 valence electrons. The first-order chi connectivity index (χ1) is 15.4. The smallest absolute Gasteiger partial charge is 0.264 e. The van der Waals surface area contributed by atoms with E-state index in [1.54, 1.807) is 36.4 Å². The number of hydrogen-bond acceptors (Lipinski definition) is 4. The monoisotopic (exact) mass is 450 g/mol. The third-order valence-electron chi connectivity index (χ3n) is 5.89. The van der Waals surface area contributed by atoms with Crippen LogP contribution in [0.3, 0.4) is 0 Å². The molecule has 1 aliphatic carbocycles. The fourth-order valence-electron chi connectivity index (χ4n) is 4.01. The summed E-state index contributed by atoms with van der Waals surface area (Å²) in [7, 11) is -0.707. The molecule has 0 unspecified atom stereocenters. The molecule has 32 heavy (non-hydrogen) atoms. The fourth-order valence-corrected chi connectivity index (χ4v) is 5.21. The van der Waals surface area contributed by atoms with Crippen molar-refractivity contribution in [2.75, 3.05) is 18.5 Å². The van der Waals surface area contributed by atoms with Gasteiger partial charge in [-0.05, 0) is 78.9 Å². The zero-order valence-corrected chi connectivity index (χ0v) is 18.9. The number of sulfonamides is 1. The molecular formula is C25H26N2O4S. The lowest BCUT2D eigenvalue weighted by Gasteiger charge is -2.26. The Morgan fingerprint density at radius 2 is 1.69 bits per heavy atom. The first-order valence-electron chi connectivity index (χ1n) is 10.5. The fraction of sp³-hybridized carbons (Fsp3) is 0.240. The van der Waals surface area contributed by atoms with E-state index in [4.69, 9.17) is 4.74 Å². The molecule has 0 aromatic heterocycles. The Morgan fingerprint density at radius 1 is 1.00 bits per heavy atom. The Kier molecular flexibility index (Phi) is 6.19. The Bertz CT molecular complexity index is 1210. The summed E-state index contributed by atoms with van der Waals surface area (Å²) < 4.78 is 32.2. The molecular weight excluding hydrogens is 424 g/mol. The maximum Gasteiger partial charge on any atom is 0.264 e. The molecule has 3 aromatic rings. The second-order valence-electron chi connectivity index (χ2n) is 7.81. The third-order valence-corrected chi connectivity index (χ3v) is 7.69. The highest BCUT2D eigenvalue weighted by molar-refractivity contribution is 7.92. The molecule has 0 aliphatic heterocycles. The van der Waals surface area contributed by atoms with Crippen LogP contribution in [0.1, 0.15) is 40.4 Å². The number of benzene rings is 3. The molecule has 1 amide bonds. The predicted molar refractivity (Wildman–Crippen MR) is 125 cm³/mol. The molecule has 6 nitrogen and oxygen atoms in total. The number of anilines is 1. The number of ether oxygens (including phenoxy) is 1. The largest absolute Gasteiger partial charge is 0.497 e. The standard InChI is InChI=1S/C25H26N2O4S/c1-27(32(29,30)22-16-14-21(31-2)15-17-22)20-12-10-19(11-13-20)25(28)26-24-9-5-7-18-6-3-4-8-23(18)24/h3-4,6,8,10-17,24H,5,7,9H2,1-2H3,(H,26,28)/t24-/m0/s1. The number of methoxy groups -OCH3 is 1. The summed E-state index contributed by atoms with van der Waals surface area (Å²) in [4.78, 5) is 13.0. The van der Waals surface area contributed by atoms with Crippen LogP contribution in [0.25, 0.3) is 0 Å². The lowest BCUT2D eigenvalue weighted by atomic mass is 9.87. The highest BCUT2D eigenvalue weighted by Crippen LogP contribution is 2.30. The summed E-state index contributed by atoms with van der Waals surface area (Å²) >= 11 is 0. The van der Waals surface area contributed by atoms with Crippen LogP contribution in [-0.4, -0.2) is 28.5 Å². The zero-order chi connectivity index (χ0) is 22.7. The van der Waals surface area contributed by atoms with Gasteiger partial charge in [-0.1, -0.05) is 24.3 Å². The van der Waals surface area contributed by atoms with Gasteiger partial charge in [0.15, 0.2) is 0 Å². The summed E-state index contributed by atoms with van der Waals surface area (Å²) in [6.45, 7) is 0. The van der Waals surface area contributed by atoms with Gasteiger partial charge in [0.05, 0.1) is 23.7 Å². The van der Waals surface area contributed by atoms with E-state index in [2.05, 4.69) is 17.4 Å². The molecule has 0 radical (unpaired) electrons. The number of aryl methyl sites for hydroxylation is 1. The van der Waals surface area contributed by atoms with Crippen LogP contribution >= 0.6 is 0 Å². The summed E-state index contributed by atoms with van der Waals surface area (Å²) in [6, 6.07) is 21.0. The van der Waals surface area contributed by atoms with E-state index in [1.165, 1.54) is 41.7 Å². The first kappa shape index (κ1) is 21.9. The van der Waals surface area contributed by atoms with Crippen molar-refractivity contribution in [3.05, 3.63) is 89.5 Å². The number of nitrogens with one attached hydrogen (secondary N) is 1. The number of carbonyl (C=O) groups is 1. The van der Waals surface area contributed by atoms with Crippen molar-refractivity contribution in [1.29, 1.82) is 0 Å². The molecule has 1 atom stereocenters. The number of hydrogen-bond donors (Lipinski definition) is 1. The summed E-state index contributed by atoms with van der Waals surface area (Å²) in [5.41, 5.74) is 3.42. The maximum absolute atomic E-state index is 12.9. The van der Waals surface area contributed by atoms with Crippen LogP contribution < -0.4 is 14.4 Å². The molecule has 0 heterocycles. The highest BCUT2D eigenvalue weighted by Gasteiger charge is 2.23. The maximum atomic E-state index is 12.9. The van der Waals surface area contributed by atoms with E-state index in [0.29, 0.717) is 17.0 Å². The Hall–Kier alpha value is -3.32. The highest BCUT2D eigenvalue weighted by atomic mass is 32.2. The summed E-state index contributed by atoms with van der Waals surface area (Å²) in [5.74, 6) is 0.418. The van der Waals surface area contributed by atoms with Gasteiger partial charge >= 0.3 is 0 Å². The second-order valence-corrected chi connectivity index (χ2v) is 9.78. The van der Waals surface area contributed by atoms with Crippen molar-refractivity contribution in [2.24, 2.45) is 0 Å². The van der Waals surface area contributed by atoms with Gasteiger partial charge in [-0.15, -0.1) is 0 Å². The van der Waals surface area contributed by atoms with Crippen LogP contribution in [0.4, 0.5) is 5.69 Å². The lowest BCUT2D eigenvalue weighted by Crippen LogP contribution is -2.31. The Balaban J connectivity index is 1.48. The number of rotatable bonds is 6. The first-order valence-corrected chi connectivity index (χ1v) is 12.0. The van der Waals surface area contributed by atoms with E-state index in [-0.39, 0.29) is 16.8 Å². The van der Waals surface area contributed by atoms with Gasteiger partial charge < -0.3 is 10.1 Å². The van der Waals surface area contributed by atoms with Crippen molar-refractivity contribution in [3.63, 3.8) is 0 Å². The quantitative estimate of drug-likeness (QED) is 0.607. The van der Waals surface area contributed by atoms with E-state index >= 15 is 0 Å². The number of nitrogens with zero attached hydrogens (tertiary/aromatic N) is 1. The topological polar surface area (TPSA) is 75.7 Å². The SMILES string of the molecule is COc1ccc(S(=O)(=O)N(C)c2ccc(C(=O)N[C@H]3CCCc4ccccc43)cc2)cc1. The molecule has 0 bridgehead atoms. The molecule has 7 heteroatoms. The van der Waals surface area contributed by atoms with Gasteiger partial charge in [-0.25, -0.2) is 8.42 Å². The minimum absolute atomic E-state index is 0.00903. The normalized spacial score (nSPS) is 15.5. The molecule has 4 rings (SSSR count). The molecule has 3 aromatic carbocycles. The molecule has 0 fully saturated rings. The number of carbonyl (C=O) groups excluding carboxylic acids is 1. The molecule has 0 spiro atoms. The van der Waals surface area contributed by atoms with Gasteiger partial charge in [-0.3, -0.25) is 9.10 Å².